The van der Waals surface area contributed by atoms with Gasteiger partial charge in [-0.3, -0.25) is 15.1 Å². The molecule has 7 nitrogen and oxygen atoms in total. The number of rotatable bonds is 3. The third kappa shape index (κ3) is 1.81. The number of carbonyl (C=O) groups is 1. The first-order valence-corrected chi connectivity index (χ1v) is 4.89. The van der Waals surface area contributed by atoms with Gasteiger partial charge < -0.3 is 9.84 Å². The highest BCUT2D eigenvalue weighted by Crippen LogP contribution is 2.33. The summed E-state index contributed by atoms with van der Waals surface area (Å²) in [6, 6.07) is 4.08. The molecule has 2 rings (SSSR count). The lowest BCUT2D eigenvalue weighted by Gasteiger charge is -2.05. The van der Waals surface area contributed by atoms with Crippen molar-refractivity contribution in [3.8, 4) is 5.75 Å². The van der Waals surface area contributed by atoms with Crippen molar-refractivity contribution in [1.82, 2.24) is 4.98 Å². The first-order valence-electron chi connectivity index (χ1n) is 4.89. The second-order valence-corrected chi connectivity index (χ2v) is 3.48. The third-order valence-corrected chi connectivity index (χ3v) is 2.43. The highest BCUT2D eigenvalue weighted by Gasteiger charge is 2.19. The maximum absolute atomic E-state index is 10.8. The van der Waals surface area contributed by atoms with Crippen LogP contribution in [0.5, 0.6) is 5.75 Å². The lowest BCUT2D eigenvalue weighted by atomic mass is 10.1. The number of nitro groups is 1. The third-order valence-electron chi connectivity index (χ3n) is 2.43. The van der Waals surface area contributed by atoms with Crippen molar-refractivity contribution in [2.75, 3.05) is 7.11 Å². The van der Waals surface area contributed by atoms with Crippen LogP contribution in [-0.4, -0.2) is 28.1 Å². The maximum Gasteiger partial charge on any atom is 0.337 e. The van der Waals surface area contributed by atoms with E-state index < -0.39 is 10.9 Å². The van der Waals surface area contributed by atoms with Crippen molar-refractivity contribution in [1.29, 1.82) is 0 Å². The molecule has 0 saturated heterocycles. The number of carboxylic acid groups (broad SMARTS) is 1. The summed E-state index contributed by atoms with van der Waals surface area (Å²) in [5.74, 6) is -1.09. The van der Waals surface area contributed by atoms with Crippen molar-refractivity contribution < 1.29 is 19.6 Å². The Balaban J connectivity index is 2.75. The average Bonchev–Trinajstić information content (AvgIpc) is 2.36. The second kappa shape index (κ2) is 4.28. The van der Waals surface area contributed by atoms with Gasteiger partial charge in [0.25, 0.3) is 0 Å². The number of pyridine rings is 1. The van der Waals surface area contributed by atoms with Gasteiger partial charge >= 0.3 is 11.7 Å². The largest absolute Gasteiger partial charge is 0.489 e. The van der Waals surface area contributed by atoms with Gasteiger partial charge in [0.05, 0.1) is 17.6 Å². The number of benzene rings is 1. The zero-order valence-corrected chi connectivity index (χ0v) is 9.28. The van der Waals surface area contributed by atoms with E-state index in [1.807, 2.05) is 0 Å². The maximum atomic E-state index is 10.8. The number of nitro benzene ring substituents is 1. The highest BCUT2D eigenvalue weighted by atomic mass is 16.6. The molecule has 2 aromatic rings. The summed E-state index contributed by atoms with van der Waals surface area (Å²) >= 11 is 0. The lowest BCUT2D eigenvalue weighted by molar-refractivity contribution is -0.385. The fourth-order valence-electron chi connectivity index (χ4n) is 1.63. The summed E-state index contributed by atoms with van der Waals surface area (Å²) in [5, 5.41) is 20.1. The normalized spacial score (nSPS) is 10.3. The Kier molecular flexibility index (Phi) is 2.80. The van der Waals surface area contributed by atoms with Crippen LogP contribution in [0.1, 0.15) is 10.4 Å². The molecule has 92 valence electrons. The van der Waals surface area contributed by atoms with E-state index in [-0.39, 0.29) is 22.5 Å². The first-order chi connectivity index (χ1) is 8.54. The van der Waals surface area contributed by atoms with Crippen LogP contribution in [0.3, 0.4) is 0 Å². The van der Waals surface area contributed by atoms with E-state index in [9.17, 15) is 14.9 Å². The van der Waals surface area contributed by atoms with Crippen molar-refractivity contribution in [3.05, 3.63) is 40.1 Å². The molecule has 0 radical (unpaired) electrons. The van der Waals surface area contributed by atoms with E-state index in [4.69, 9.17) is 9.84 Å². The Morgan fingerprint density at radius 1 is 1.50 bits per heavy atom. The molecule has 0 spiro atoms. The van der Waals surface area contributed by atoms with Gasteiger partial charge in [-0.2, -0.15) is 0 Å². The van der Waals surface area contributed by atoms with Crippen LogP contribution in [0.2, 0.25) is 0 Å². The number of nitrogens with zero attached hydrogens (tertiary/aromatic N) is 2. The van der Waals surface area contributed by atoms with Crippen molar-refractivity contribution in [3.63, 3.8) is 0 Å². The molecule has 18 heavy (non-hydrogen) atoms. The average molecular weight is 248 g/mol. The Morgan fingerprint density at radius 3 is 2.78 bits per heavy atom. The van der Waals surface area contributed by atoms with Gasteiger partial charge in [-0.25, -0.2) is 4.79 Å². The van der Waals surface area contributed by atoms with Gasteiger partial charge in [0.1, 0.15) is 5.52 Å². The Hall–Kier alpha value is -2.70. The summed E-state index contributed by atoms with van der Waals surface area (Å²) in [6.07, 6.45) is 1.14. The van der Waals surface area contributed by atoms with Gasteiger partial charge in [0.15, 0.2) is 0 Å². The monoisotopic (exact) mass is 248 g/mol. The molecule has 1 aromatic carbocycles. The number of ether oxygens (including phenoxy) is 1. The number of hydrogen-bond acceptors (Lipinski definition) is 5. The molecule has 0 atom stereocenters. The second-order valence-electron chi connectivity index (χ2n) is 3.48. The molecular weight excluding hydrogens is 240 g/mol. The zero-order chi connectivity index (χ0) is 13.3. The Bertz CT molecular complexity index is 653. The summed E-state index contributed by atoms with van der Waals surface area (Å²) < 4.78 is 4.97. The van der Waals surface area contributed by atoms with E-state index in [2.05, 4.69) is 4.98 Å². The lowest BCUT2D eigenvalue weighted by Crippen LogP contribution is -1.99. The number of methoxy groups -OCH3 is 1. The zero-order valence-electron chi connectivity index (χ0n) is 9.28. The molecular formula is C11H8N2O5. The fraction of sp³-hybridized carbons (Fsp3) is 0.0909. The van der Waals surface area contributed by atoms with E-state index >= 15 is 0 Å². The Morgan fingerprint density at radius 2 is 2.22 bits per heavy atom. The van der Waals surface area contributed by atoms with Crippen molar-refractivity contribution in [2.45, 2.75) is 0 Å². The van der Waals surface area contributed by atoms with Gasteiger partial charge in [-0.15, -0.1) is 0 Å². The number of hydrogen-bond donors (Lipinski definition) is 1. The molecule has 0 unspecified atom stereocenters. The number of carboxylic acids is 1. The van der Waals surface area contributed by atoms with Gasteiger partial charge in [0.2, 0.25) is 5.75 Å². The van der Waals surface area contributed by atoms with Crippen LogP contribution in [0.25, 0.3) is 10.9 Å². The van der Waals surface area contributed by atoms with Crippen LogP contribution >= 0.6 is 0 Å². The predicted molar refractivity (Wildman–Crippen MR) is 61.9 cm³/mol. The van der Waals surface area contributed by atoms with Crippen molar-refractivity contribution >= 4 is 22.6 Å². The predicted octanol–water partition coefficient (Wildman–Crippen LogP) is 1.85. The molecule has 0 aliphatic carbocycles. The summed E-state index contributed by atoms with van der Waals surface area (Å²) in [4.78, 5) is 24.9. The van der Waals surface area contributed by atoms with E-state index in [0.29, 0.717) is 5.39 Å². The van der Waals surface area contributed by atoms with Gasteiger partial charge in [-0.1, -0.05) is 0 Å². The minimum atomic E-state index is -1.11. The first kappa shape index (κ1) is 11.8. The van der Waals surface area contributed by atoms with Crippen LogP contribution in [0.4, 0.5) is 5.69 Å². The smallest absolute Gasteiger partial charge is 0.337 e. The SMILES string of the molecule is COc1c([N+](=O)[O-])ccc2cc(C(=O)O)cnc12. The number of aromatic nitrogens is 1. The quantitative estimate of drug-likeness (QED) is 0.656. The molecule has 0 saturated carbocycles. The molecule has 0 aliphatic rings. The summed E-state index contributed by atoms with van der Waals surface area (Å²) in [7, 11) is 1.30. The van der Waals surface area contributed by atoms with E-state index in [1.165, 1.54) is 25.3 Å². The fourth-order valence-corrected chi connectivity index (χ4v) is 1.63. The van der Waals surface area contributed by atoms with Gasteiger partial charge in [0, 0.05) is 17.6 Å². The number of aromatic carboxylic acids is 1. The molecule has 0 aliphatic heterocycles. The summed E-state index contributed by atoms with van der Waals surface area (Å²) in [5.41, 5.74) is 0.0654. The highest BCUT2D eigenvalue weighted by molar-refractivity contribution is 5.95. The molecule has 0 amide bonds. The van der Waals surface area contributed by atoms with Crippen molar-refractivity contribution in [2.24, 2.45) is 0 Å². The Labute approximate surface area is 101 Å². The van der Waals surface area contributed by atoms with Crippen LogP contribution in [0, 0.1) is 10.1 Å². The summed E-state index contributed by atoms with van der Waals surface area (Å²) in [6.45, 7) is 0. The minimum Gasteiger partial charge on any atom is -0.489 e. The van der Waals surface area contributed by atoms with E-state index in [0.717, 1.165) is 6.20 Å². The number of fused-ring (bicyclic) bond motifs is 1. The van der Waals surface area contributed by atoms with Gasteiger partial charge in [-0.05, 0) is 12.1 Å². The van der Waals surface area contributed by atoms with Crippen LogP contribution in [0.15, 0.2) is 24.4 Å². The molecule has 1 aromatic heterocycles. The molecule has 7 heteroatoms. The molecule has 1 heterocycles. The van der Waals surface area contributed by atoms with Crippen LogP contribution in [-0.2, 0) is 0 Å². The molecule has 0 fully saturated rings. The molecule has 0 bridgehead atoms. The topological polar surface area (TPSA) is 103 Å². The van der Waals surface area contributed by atoms with Crippen LogP contribution < -0.4 is 4.74 Å². The van der Waals surface area contributed by atoms with E-state index in [1.54, 1.807) is 0 Å². The minimum absolute atomic E-state index is 0.0124. The standard InChI is InChI=1S/C11H8N2O5/c1-18-10-8(13(16)17)3-2-6-4-7(11(14)15)5-12-9(6)10/h2-5H,1H3,(H,14,15). The molecule has 1 N–H and O–H groups in total.